The predicted molar refractivity (Wildman–Crippen MR) is 100 cm³/mol. The van der Waals surface area contributed by atoms with Crippen LogP contribution < -0.4 is 10.9 Å². The van der Waals surface area contributed by atoms with Crippen LogP contribution in [0.4, 0.5) is 0 Å². The van der Waals surface area contributed by atoms with Crippen LogP contribution in [-0.4, -0.2) is 21.2 Å². The van der Waals surface area contributed by atoms with Gasteiger partial charge in [-0.05, 0) is 44.0 Å². The van der Waals surface area contributed by atoms with Gasteiger partial charge in [-0.15, -0.1) is 0 Å². The van der Waals surface area contributed by atoms with E-state index in [0.29, 0.717) is 21.8 Å². The van der Waals surface area contributed by atoms with E-state index in [0.717, 1.165) is 12.8 Å². The van der Waals surface area contributed by atoms with Crippen LogP contribution in [0.1, 0.15) is 37.6 Å². The second-order valence-corrected chi connectivity index (χ2v) is 7.35. The number of hydrogen-bond donors (Lipinski definition) is 1. The Morgan fingerprint density at radius 3 is 2.88 bits per heavy atom. The molecule has 1 aliphatic carbocycles. The number of rotatable bonds is 6. The van der Waals surface area contributed by atoms with Gasteiger partial charge >= 0.3 is 0 Å². The largest absolute Gasteiger partial charge is 0.467 e. The number of benzene rings is 1. The molecule has 2 aromatic heterocycles. The zero-order valence-electron chi connectivity index (χ0n) is 14.3. The Kier molecular flexibility index (Phi) is 4.55. The van der Waals surface area contributed by atoms with Crippen molar-refractivity contribution in [1.82, 2.24) is 14.9 Å². The number of furan rings is 1. The fourth-order valence-electron chi connectivity index (χ4n) is 2.90. The maximum atomic E-state index is 12.8. The van der Waals surface area contributed by atoms with Gasteiger partial charge in [-0.2, -0.15) is 0 Å². The van der Waals surface area contributed by atoms with E-state index < -0.39 is 0 Å². The highest BCUT2D eigenvalue weighted by Gasteiger charge is 2.28. The first-order chi connectivity index (χ1) is 12.6. The smallest absolute Gasteiger partial charge is 0.262 e. The van der Waals surface area contributed by atoms with Crippen LogP contribution in [0.25, 0.3) is 10.9 Å². The summed E-state index contributed by atoms with van der Waals surface area (Å²) in [5.41, 5.74) is 0.645. The average molecular weight is 369 g/mol. The molecule has 0 spiro atoms. The highest BCUT2D eigenvalue weighted by molar-refractivity contribution is 7.99. The third-order valence-electron chi connectivity index (χ3n) is 4.37. The van der Waals surface area contributed by atoms with Crippen LogP contribution in [0.15, 0.2) is 57.0 Å². The lowest BCUT2D eigenvalue weighted by Gasteiger charge is -2.14. The molecule has 2 heterocycles. The molecule has 1 fully saturated rings. The first kappa shape index (κ1) is 16.9. The molecule has 3 aromatic rings. The molecule has 6 nitrogen and oxygen atoms in total. The van der Waals surface area contributed by atoms with Crippen LogP contribution in [0.2, 0.25) is 0 Å². The lowest BCUT2D eigenvalue weighted by atomic mass is 10.2. The summed E-state index contributed by atoms with van der Waals surface area (Å²) in [6.45, 7) is 1.87. The number of carbonyl (C=O) groups is 1. The predicted octanol–water partition coefficient (Wildman–Crippen LogP) is 3.29. The minimum Gasteiger partial charge on any atom is -0.467 e. The molecular weight excluding hydrogens is 350 g/mol. The maximum absolute atomic E-state index is 12.8. The van der Waals surface area contributed by atoms with Gasteiger partial charge in [0.1, 0.15) is 5.76 Å². The molecule has 4 rings (SSSR count). The van der Waals surface area contributed by atoms with Gasteiger partial charge in [-0.3, -0.25) is 14.2 Å². The summed E-state index contributed by atoms with van der Waals surface area (Å²) in [6, 6.07) is 11.0. The Hall–Kier alpha value is -2.54. The first-order valence-corrected chi connectivity index (χ1v) is 9.59. The van der Waals surface area contributed by atoms with Crippen molar-refractivity contribution >= 4 is 28.6 Å². The van der Waals surface area contributed by atoms with Crippen LogP contribution in [0.5, 0.6) is 0 Å². The van der Waals surface area contributed by atoms with E-state index in [2.05, 4.69) is 10.3 Å². The lowest BCUT2D eigenvalue weighted by Crippen LogP contribution is -2.29. The summed E-state index contributed by atoms with van der Waals surface area (Å²) < 4.78 is 7.05. The fraction of sp³-hybridized carbons (Fsp3) is 0.316. The molecule has 1 N–H and O–H groups in total. The molecule has 1 atom stereocenters. The van der Waals surface area contributed by atoms with E-state index in [9.17, 15) is 9.59 Å². The molecule has 0 aliphatic heterocycles. The average Bonchev–Trinajstić information content (AvgIpc) is 3.31. The molecule has 134 valence electrons. The van der Waals surface area contributed by atoms with Gasteiger partial charge < -0.3 is 9.73 Å². The number of nitrogens with one attached hydrogen (secondary N) is 1. The van der Waals surface area contributed by atoms with Gasteiger partial charge in [0, 0.05) is 6.04 Å². The Balaban J connectivity index is 1.52. The van der Waals surface area contributed by atoms with Gasteiger partial charge in [0.05, 0.1) is 29.0 Å². The highest BCUT2D eigenvalue weighted by atomic mass is 32.2. The normalized spacial score (nSPS) is 15.1. The van der Waals surface area contributed by atoms with E-state index in [1.165, 1.54) is 11.8 Å². The topological polar surface area (TPSA) is 77.1 Å². The van der Waals surface area contributed by atoms with Crippen LogP contribution in [-0.2, 0) is 4.79 Å². The monoisotopic (exact) mass is 369 g/mol. The van der Waals surface area contributed by atoms with Gasteiger partial charge in [0.25, 0.3) is 5.56 Å². The van der Waals surface area contributed by atoms with Crippen molar-refractivity contribution in [2.24, 2.45) is 0 Å². The SMILES string of the molecule is C[C@@H](NC(=O)CSc1nc2ccccc2c(=O)n1C1CC1)c1ccco1. The van der Waals surface area contributed by atoms with E-state index in [1.54, 1.807) is 23.0 Å². The van der Waals surface area contributed by atoms with Crippen molar-refractivity contribution in [2.45, 2.75) is 37.0 Å². The molecular formula is C19H19N3O3S. The fourth-order valence-corrected chi connectivity index (χ4v) is 3.78. The number of para-hydroxylation sites is 1. The molecule has 1 amide bonds. The Morgan fingerprint density at radius 1 is 1.35 bits per heavy atom. The third kappa shape index (κ3) is 3.39. The summed E-state index contributed by atoms with van der Waals surface area (Å²) in [5.74, 6) is 0.786. The zero-order valence-corrected chi connectivity index (χ0v) is 15.2. The molecule has 1 aliphatic rings. The van der Waals surface area contributed by atoms with Crippen molar-refractivity contribution < 1.29 is 9.21 Å². The second-order valence-electron chi connectivity index (χ2n) is 6.41. The number of nitrogens with zero attached hydrogens (tertiary/aromatic N) is 2. The van der Waals surface area contributed by atoms with Crippen LogP contribution in [0, 0.1) is 0 Å². The second kappa shape index (κ2) is 6.99. The number of carbonyl (C=O) groups excluding carboxylic acids is 1. The van der Waals surface area contributed by atoms with Gasteiger partial charge in [-0.1, -0.05) is 23.9 Å². The van der Waals surface area contributed by atoms with Crippen molar-refractivity contribution in [1.29, 1.82) is 0 Å². The summed E-state index contributed by atoms with van der Waals surface area (Å²) in [7, 11) is 0. The molecule has 26 heavy (non-hydrogen) atoms. The van der Waals surface area contributed by atoms with Crippen molar-refractivity contribution in [3.8, 4) is 0 Å². The number of thioether (sulfide) groups is 1. The summed E-state index contributed by atoms with van der Waals surface area (Å²) in [4.78, 5) is 29.7. The lowest BCUT2D eigenvalue weighted by molar-refractivity contribution is -0.119. The van der Waals surface area contributed by atoms with E-state index in [1.807, 2.05) is 31.2 Å². The number of aromatic nitrogens is 2. The third-order valence-corrected chi connectivity index (χ3v) is 5.32. The van der Waals surface area contributed by atoms with E-state index in [-0.39, 0.29) is 29.3 Å². The van der Waals surface area contributed by atoms with Gasteiger partial charge in [-0.25, -0.2) is 4.98 Å². The van der Waals surface area contributed by atoms with Crippen molar-refractivity contribution in [2.75, 3.05) is 5.75 Å². The van der Waals surface area contributed by atoms with Crippen molar-refractivity contribution in [3.05, 3.63) is 58.8 Å². The van der Waals surface area contributed by atoms with E-state index in [4.69, 9.17) is 4.42 Å². The first-order valence-electron chi connectivity index (χ1n) is 8.60. The van der Waals surface area contributed by atoms with Crippen LogP contribution in [0.3, 0.4) is 0 Å². The summed E-state index contributed by atoms with van der Waals surface area (Å²) >= 11 is 1.30. The number of hydrogen-bond acceptors (Lipinski definition) is 5. The number of amides is 1. The van der Waals surface area contributed by atoms with Crippen LogP contribution >= 0.6 is 11.8 Å². The minimum absolute atomic E-state index is 0.0232. The Bertz CT molecular complexity index is 993. The Morgan fingerprint density at radius 2 is 2.15 bits per heavy atom. The van der Waals surface area contributed by atoms with Gasteiger partial charge in [0.15, 0.2) is 5.16 Å². The molecule has 0 unspecified atom stereocenters. The highest BCUT2D eigenvalue weighted by Crippen LogP contribution is 2.36. The molecule has 0 saturated heterocycles. The minimum atomic E-state index is -0.201. The van der Waals surface area contributed by atoms with E-state index >= 15 is 0 Å². The molecule has 0 radical (unpaired) electrons. The number of fused-ring (bicyclic) bond motifs is 1. The summed E-state index contributed by atoms with van der Waals surface area (Å²) in [5, 5.41) is 4.13. The quantitative estimate of drug-likeness (QED) is 0.533. The molecule has 1 saturated carbocycles. The molecule has 0 bridgehead atoms. The zero-order chi connectivity index (χ0) is 18.1. The maximum Gasteiger partial charge on any atom is 0.262 e. The summed E-state index contributed by atoms with van der Waals surface area (Å²) in [6.07, 6.45) is 3.55. The Labute approximate surface area is 154 Å². The van der Waals surface area contributed by atoms with Crippen molar-refractivity contribution in [3.63, 3.8) is 0 Å². The molecule has 1 aromatic carbocycles. The standard InChI is InChI=1S/C19H19N3O3S/c1-12(16-7-4-10-25-16)20-17(23)11-26-19-21-15-6-3-2-5-14(15)18(24)22(19)13-8-9-13/h2-7,10,12-13H,8-9,11H2,1H3,(H,20,23)/t12-/m1/s1. The van der Waals surface area contributed by atoms with Gasteiger partial charge in [0.2, 0.25) is 5.91 Å². The molecule has 7 heteroatoms.